The summed E-state index contributed by atoms with van der Waals surface area (Å²) in [6.45, 7) is 3.20. The molecular weight excluding hydrogens is 390 g/mol. The van der Waals surface area contributed by atoms with Gasteiger partial charge in [0.2, 0.25) is 0 Å². The van der Waals surface area contributed by atoms with Gasteiger partial charge in [0.15, 0.2) is 0 Å². The number of aliphatic hydroxyl groups is 2. The van der Waals surface area contributed by atoms with Gasteiger partial charge in [-0.15, -0.1) is 0 Å². The summed E-state index contributed by atoms with van der Waals surface area (Å²) < 4.78 is 3.59. The Balaban J connectivity index is 1.19. The van der Waals surface area contributed by atoms with Crippen LogP contribution in [0.25, 0.3) is 11.0 Å². The predicted octanol–water partition coefficient (Wildman–Crippen LogP) is 2.62. The van der Waals surface area contributed by atoms with E-state index in [2.05, 4.69) is 4.90 Å². The van der Waals surface area contributed by atoms with Crippen molar-refractivity contribution in [3.8, 4) is 0 Å². The van der Waals surface area contributed by atoms with Gasteiger partial charge in [-0.1, -0.05) is 12.1 Å². The highest BCUT2D eigenvalue weighted by molar-refractivity contribution is 5.76. The molecule has 6 nitrogen and oxygen atoms in total. The van der Waals surface area contributed by atoms with Crippen LogP contribution >= 0.6 is 0 Å². The van der Waals surface area contributed by atoms with Crippen LogP contribution in [-0.2, 0) is 6.54 Å². The van der Waals surface area contributed by atoms with E-state index in [4.69, 9.17) is 0 Å². The van der Waals surface area contributed by atoms with E-state index in [1.807, 2.05) is 28.8 Å². The zero-order valence-corrected chi connectivity index (χ0v) is 18.3. The van der Waals surface area contributed by atoms with Crippen LogP contribution in [0.15, 0.2) is 29.1 Å². The number of likely N-dealkylation sites (tertiary alicyclic amines) is 1. The molecule has 0 unspecified atom stereocenters. The van der Waals surface area contributed by atoms with Gasteiger partial charge in [-0.25, -0.2) is 4.79 Å². The number of para-hydroxylation sites is 2. The Morgan fingerprint density at radius 1 is 1.06 bits per heavy atom. The van der Waals surface area contributed by atoms with Crippen molar-refractivity contribution in [1.29, 1.82) is 0 Å². The van der Waals surface area contributed by atoms with Gasteiger partial charge in [0.05, 0.1) is 30.3 Å². The molecule has 168 valence electrons. The summed E-state index contributed by atoms with van der Waals surface area (Å²) in [5.41, 5.74) is 2.45. The number of nitrogens with zero attached hydrogens (tertiary/aromatic N) is 3. The summed E-state index contributed by atoms with van der Waals surface area (Å²) in [7, 11) is 0. The second-order valence-electron chi connectivity index (χ2n) is 10.7. The van der Waals surface area contributed by atoms with E-state index in [0.29, 0.717) is 0 Å². The van der Waals surface area contributed by atoms with Crippen LogP contribution in [0, 0.1) is 23.2 Å². The maximum atomic E-state index is 13.3. The molecule has 4 aliphatic rings. The second-order valence-corrected chi connectivity index (χ2v) is 10.7. The molecule has 3 aliphatic carbocycles. The Labute approximate surface area is 183 Å². The Morgan fingerprint density at radius 3 is 2.52 bits per heavy atom. The van der Waals surface area contributed by atoms with Crippen LogP contribution in [0.2, 0.25) is 0 Å². The number of hydrogen-bond donors (Lipinski definition) is 2. The minimum Gasteiger partial charge on any atom is -0.394 e. The molecule has 1 aromatic carbocycles. The average Bonchev–Trinajstić information content (AvgIpc) is 3.21. The van der Waals surface area contributed by atoms with Crippen LogP contribution in [0.4, 0.5) is 0 Å². The molecule has 1 aliphatic heterocycles. The van der Waals surface area contributed by atoms with E-state index in [1.165, 1.54) is 38.6 Å². The third kappa shape index (κ3) is 3.13. The predicted molar refractivity (Wildman–Crippen MR) is 120 cm³/mol. The minimum atomic E-state index is -0.921. The third-order valence-corrected chi connectivity index (χ3v) is 9.27. The van der Waals surface area contributed by atoms with Crippen molar-refractivity contribution in [2.45, 2.75) is 63.6 Å². The van der Waals surface area contributed by atoms with E-state index in [1.54, 1.807) is 4.57 Å². The smallest absolute Gasteiger partial charge is 0.329 e. The lowest BCUT2D eigenvalue weighted by atomic mass is 9.76. The fourth-order valence-electron chi connectivity index (χ4n) is 7.60. The standard InChI is InChI=1S/C25H35N3O3/c29-16-20(30)14-27-22-3-1-2-4-23(22)28(24(27)31)19-7-11-26(12-8-19)15-21-17-5-6-18(13-17)25(21)9-10-25/h1-4,17-21,29-30H,5-16H2/t17-,18-,20-,21+/m1/s1. The first-order chi connectivity index (χ1) is 15.1. The first-order valence-electron chi connectivity index (χ1n) is 12.3. The highest BCUT2D eigenvalue weighted by Crippen LogP contribution is 2.71. The Bertz CT molecular complexity index is 1010. The highest BCUT2D eigenvalue weighted by Gasteiger charge is 2.63. The molecule has 3 saturated carbocycles. The number of imidazole rings is 1. The number of hydrogen-bond acceptors (Lipinski definition) is 4. The largest absolute Gasteiger partial charge is 0.394 e. The van der Waals surface area contributed by atoms with Crippen molar-refractivity contribution in [1.82, 2.24) is 14.0 Å². The molecule has 2 N–H and O–H groups in total. The monoisotopic (exact) mass is 425 g/mol. The van der Waals surface area contributed by atoms with Gasteiger partial charge in [0.1, 0.15) is 0 Å². The van der Waals surface area contributed by atoms with Crippen LogP contribution < -0.4 is 5.69 Å². The van der Waals surface area contributed by atoms with Gasteiger partial charge in [-0.2, -0.15) is 0 Å². The van der Waals surface area contributed by atoms with E-state index >= 15 is 0 Å². The normalized spacial score (nSPS) is 31.1. The van der Waals surface area contributed by atoms with Crippen molar-refractivity contribution in [2.75, 3.05) is 26.2 Å². The molecule has 0 radical (unpaired) electrons. The number of rotatable bonds is 6. The van der Waals surface area contributed by atoms with E-state index in [-0.39, 0.29) is 24.9 Å². The van der Waals surface area contributed by atoms with Gasteiger partial charge < -0.3 is 15.1 Å². The highest BCUT2D eigenvalue weighted by atomic mass is 16.3. The first kappa shape index (κ1) is 20.0. The van der Waals surface area contributed by atoms with Crippen LogP contribution in [-0.4, -0.2) is 56.6 Å². The number of fused-ring (bicyclic) bond motifs is 4. The van der Waals surface area contributed by atoms with Crippen molar-refractivity contribution < 1.29 is 10.2 Å². The quantitative estimate of drug-likeness (QED) is 0.747. The fraction of sp³-hybridized carbons (Fsp3) is 0.720. The molecule has 4 fully saturated rings. The Hall–Kier alpha value is -1.63. The summed E-state index contributed by atoms with van der Waals surface area (Å²) in [5, 5.41) is 19.2. The molecule has 2 bridgehead atoms. The van der Waals surface area contributed by atoms with Crippen LogP contribution in [0.1, 0.15) is 51.0 Å². The SMILES string of the molecule is O=c1n(C[C@@H](O)CO)c2ccccc2n1C1CCN(C[C@H]2[C@@H]3CC[C@H](C3)C23CC3)CC1. The molecule has 4 atom stereocenters. The summed E-state index contributed by atoms with van der Waals surface area (Å²) in [6.07, 6.45) is 8.48. The molecule has 1 saturated heterocycles. The molecular formula is C25H35N3O3. The average molecular weight is 426 g/mol. The fourth-order valence-corrected chi connectivity index (χ4v) is 7.60. The van der Waals surface area contributed by atoms with Crippen molar-refractivity contribution in [2.24, 2.45) is 23.2 Å². The summed E-state index contributed by atoms with van der Waals surface area (Å²) in [6, 6.07) is 8.06. The van der Waals surface area contributed by atoms with Gasteiger partial charge in [0, 0.05) is 25.7 Å². The van der Waals surface area contributed by atoms with Crippen LogP contribution in [0.3, 0.4) is 0 Å². The molecule has 2 aromatic rings. The van der Waals surface area contributed by atoms with E-state index in [0.717, 1.165) is 60.1 Å². The zero-order chi connectivity index (χ0) is 21.2. The van der Waals surface area contributed by atoms with Crippen molar-refractivity contribution in [3.63, 3.8) is 0 Å². The van der Waals surface area contributed by atoms with Gasteiger partial charge in [0.25, 0.3) is 0 Å². The molecule has 6 heteroatoms. The molecule has 2 heterocycles. The second kappa shape index (κ2) is 7.46. The van der Waals surface area contributed by atoms with E-state index in [9.17, 15) is 15.0 Å². The van der Waals surface area contributed by atoms with Crippen LogP contribution in [0.5, 0.6) is 0 Å². The summed E-state index contributed by atoms with van der Waals surface area (Å²) >= 11 is 0. The molecule has 6 rings (SSSR count). The number of aromatic nitrogens is 2. The summed E-state index contributed by atoms with van der Waals surface area (Å²) in [4.78, 5) is 16.0. The number of aliphatic hydroxyl groups excluding tert-OH is 2. The Kier molecular flexibility index (Phi) is 4.82. The lowest BCUT2D eigenvalue weighted by Gasteiger charge is -2.39. The minimum absolute atomic E-state index is 0.0582. The lowest BCUT2D eigenvalue weighted by Crippen LogP contribution is -2.42. The van der Waals surface area contributed by atoms with E-state index < -0.39 is 6.10 Å². The number of benzene rings is 1. The van der Waals surface area contributed by atoms with Gasteiger partial charge in [-0.3, -0.25) is 9.13 Å². The zero-order valence-electron chi connectivity index (χ0n) is 18.3. The summed E-state index contributed by atoms with van der Waals surface area (Å²) in [5.74, 6) is 2.93. The first-order valence-corrected chi connectivity index (χ1v) is 12.3. The van der Waals surface area contributed by atoms with Gasteiger partial charge >= 0.3 is 5.69 Å². The maximum Gasteiger partial charge on any atom is 0.329 e. The van der Waals surface area contributed by atoms with Crippen molar-refractivity contribution in [3.05, 3.63) is 34.7 Å². The lowest BCUT2D eigenvalue weighted by molar-refractivity contribution is 0.0806. The van der Waals surface area contributed by atoms with Gasteiger partial charge in [-0.05, 0) is 80.2 Å². The molecule has 1 aromatic heterocycles. The maximum absolute atomic E-state index is 13.3. The molecule has 1 spiro atoms. The molecule has 31 heavy (non-hydrogen) atoms. The third-order valence-electron chi connectivity index (χ3n) is 9.27. The number of piperidine rings is 1. The molecule has 0 amide bonds. The van der Waals surface area contributed by atoms with Crippen molar-refractivity contribution >= 4 is 11.0 Å². The Morgan fingerprint density at radius 2 is 1.81 bits per heavy atom. The topological polar surface area (TPSA) is 70.6 Å².